The lowest BCUT2D eigenvalue weighted by Crippen LogP contribution is -2.42. The minimum atomic E-state index is -0.837. The van der Waals surface area contributed by atoms with Gasteiger partial charge in [-0.2, -0.15) is 0 Å². The fourth-order valence-electron chi connectivity index (χ4n) is 0.609. The second-order valence-corrected chi connectivity index (χ2v) is 2.50. The van der Waals surface area contributed by atoms with E-state index in [0.29, 0.717) is 0 Å². The molecule has 1 aliphatic rings. The zero-order valence-corrected chi connectivity index (χ0v) is 6.26. The van der Waals surface area contributed by atoms with Crippen LogP contribution in [0.3, 0.4) is 0 Å². The van der Waals surface area contributed by atoms with Crippen LogP contribution in [0.2, 0.25) is 0 Å². The lowest BCUT2D eigenvalue weighted by molar-refractivity contribution is 0.166. The molecular weight excluding hydrogens is 152 g/mol. The molecule has 1 heterocycles. The predicted octanol–water partition coefficient (Wildman–Crippen LogP) is 0.122. The zero-order valence-electron chi connectivity index (χ0n) is 5.44. The van der Waals surface area contributed by atoms with Crippen LogP contribution in [0.5, 0.6) is 0 Å². The molecule has 0 aromatic rings. The third kappa shape index (κ3) is 1.43. The monoisotopic (exact) mass is 160 g/mol. The summed E-state index contributed by atoms with van der Waals surface area (Å²) in [7, 11) is 0. The van der Waals surface area contributed by atoms with Crippen LogP contribution in [0, 0.1) is 0 Å². The van der Waals surface area contributed by atoms with Gasteiger partial charge in [0.1, 0.15) is 6.23 Å². The molecule has 10 heavy (non-hydrogen) atoms. The Hall–Kier alpha value is -0.680. The van der Waals surface area contributed by atoms with Crippen molar-refractivity contribution in [2.75, 3.05) is 6.26 Å². The summed E-state index contributed by atoms with van der Waals surface area (Å²) in [6.07, 6.45) is 3.98. The van der Waals surface area contributed by atoms with Gasteiger partial charge in [-0.1, -0.05) is 0 Å². The first-order chi connectivity index (χ1) is 4.74. The van der Waals surface area contributed by atoms with Crippen molar-refractivity contribution in [3.8, 4) is 0 Å². The van der Waals surface area contributed by atoms with Crippen LogP contribution in [0.1, 0.15) is 0 Å². The number of nitrogens with zero attached hydrogens (tertiary/aromatic N) is 1. The van der Waals surface area contributed by atoms with Crippen LogP contribution >= 0.6 is 11.9 Å². The first-order valence-corrected chi connectivity index (χ1v) is 3.92. The first-order valence-electron chi connectivity index (χ1n) is 2.74. The summed E-state index contributed by atoms with van der Waals surface area (Å²) in [5.41, 5.74) is 0. The molecule has 0 aromatic carbocycles. The lowest BCUT2D eigenvalue weighted by atomic mass is 10.5. The Morgan fingerprint density at radius 3 is 3.10 bits per heavy atom. The van der Waals surface area contributed by atoms with E-state index < -0.39 is 6.23 Å². The van der Waals surface area contributed by atoms with Crippen molar-refractivity contribution in [1.29, 1.82) is 0 Å². The molecule has 0 spiro atoms. The molecule has 5 heteroatoms. The predicted molar refractivity (Wildman–Crippen MR) is 39.0 cm³/mol. The molecular formula is C5H8N2O2S. The fraction of sp³-hybridized carbons (Fsp3) is 0.400. The molecule has 1 unspecified atom stereocenters. The SMILES string of the molecule is CSN1C=CC(O)NC1=O. The average Bonchev–Trinajstić information content (AvgIpc) is 1.88. The molecule has 1 aliphatic heterocycles. The van der Waals surface area contributed by atoms with Crippen molar-refractivity contribution in [1.82, 2.24) is 9.62 Å². The van der Waals surface area contributed by atoms with Gasteiger partial charge in [-0.3, -0.25) is 0 Å². The maximum absolute atomic E-state index is 10.8. The number of amides is 2. The van der Waals surface area contributed by atoms with Gasteiger partial charge < -0.3 is 10.4 Å². The highest BCUT2D eigenvalue weighted by Gasteiger charge is 2.16. The smallest absolute Gasteiger partial charge is 0.333 e. The van der Waals surface area contributed by atoms with Crippen molar-refractivity contribution >= 4 is 18.0 Å². The highest BCUT2D eigenvalue weighted by molar-refractivity contribution is 7.96. The zero-order chi connectivity index (χ0) is 7.56. The Labute approximate surface area is 63.0 Å². The van der Waals surface area contributed by atoms with Crippen molar-refractivity contribution in [2.24, 2.45) is 0 Å². The van der Waals surface area contributed by atoms with Crippen LogP contribution in [0.25, 0.3) is 0 Å². The number of carbonyl (C=O) groups is 1. The largest absolute Gasteiger partial charge is 0.370 e. The number of aliphatic hydroxyl groups excluding tert-OH is 1. The van der Waals surface area contributed by atoms with Crippen LogP contribution in [-0.2, 0) is 0 Å². The molecule has 56 valence electrons. The molecule has 2 amide bonds. The minimum Gasteiger partial charge on any atom is -0.370 e. The fourth-order valence-corrected chi connectivity index (χ4v) is 1.02. The third-order valence-corrected chi connectivity index (χ3v) is 1.75. The van der Waals surface area contributed by atoms with Gasteiger partial charge in [0.15, 0.2) is 0 Å². The number of nitrogens with one attached hydrogen (secondary N) is 1. The maximum Gasteiger partial charge on any atom is 0.333 e. The van der Waals surface area contributed by atoms with Gasteiger partial charge in [-0.15, -0.1) is 0 Å². The molecule has 0 bridgehead atoms. The van der Waals surface area contributed by atoms with E-state index in [1.807, 2.05) is 0 Å². The van der Waals surface area contributed by atoms with Crippen molar-refractivity contribution in [3.63, 3.8) is 0 Å². The second-order valence-electron chi connectivity index (χ2n) is 1.74. The Balaban J connectivity index is 2.62. The molecule has 0 saturated heterocycles. The van der Waals surface area contributed by atoms with Crippen LogP contribution < -0.4 is 5.32 Å². The summed E-state index contributed by atoms with van der Waals surface area (Å²) >= 11 is 1.28. The van der Waals surface area contributed by atoms with Crippen molar-refractivity contribution in [2.45, 2.75) is 6.23 Å². The van der Waals surface area contributed by atoms with E-state index in [4.69, 9.17) is 5.11 Å². The highest BCUT2D eigenvalue weighted by Crippen LogP contribution is 2.09. The van der Waals surface area contributed by atoms with Crippen LogP contribution in [0.15, 0.2) is 12.3 Å². The van der Waals surface area contributed by atoms with E-state index >= 15 is 0 Å². The van der Waals surface area contributed by atoms with Crippen LogP contribution in [0.4, 0.5) is 4.79 Å². The van der Waals surface area contributed by atoms with Gasteiger partial charge in [-0.25, -0.2) is 9.10 Å². The summed E-state index contributed by atoms with van der Waals surface area (Å²) in [5.74, 6) is 0. The Morgan fingerprint density at radius 2 is 2.60 bits per heavy atom. The Bertz CT molecular complexity index is 171. The summed E-state index contributed by atoms with van der Waals surface area (Å²) < 4.78 is 1.40. The third-order valence-electron chi connectivity index (χ3n) is 1.07. The lowest BCUT2D eigenvalue weighted by Gasteiger charge is -2.21. The molecule has 1 atom stereocenters. The molecule has 2 N–H and O–H groups in total. The van der Waals surface area contributed by atoms with E-state index in [9.17, 15) is 4.79 Å². The quantitative estimate of drug-likeness (QED) is 0.536. The number of urea groups is 1. The van der Waals surface area contributed by atoms with E-state index in [1.165, 1.54) is 28.5 Å². The van der Waals surface area contributed by atoms with E-state index in [-0.39, 0.29) is 6.03 Å². The normalized spacial score (nSPS) is 24.8. The molecule has 0 radical (unpaired) electrons. The van der Waals surface area contributed by atoms with Crippen LogP contribution in [-0.4, -0.2) is 27.9 Å². The molecule has 0 saturated carbocycles. The van der Waals surface area contributed by atoms with Gasteiger partial charge in [0, 0.05) is 12.5 Å². The summed E-state index contributed by atoms with van der Waals surface area (Å²) in [6, 6.07) is -0.289. The number of aliphatic hydroxyl groups is 1. The molecule has 1 rings (SSSR count). The van der Waals surface area contributed by atoms with Gasteiger partial charge in [0.25, 0.3) is 0 Å². The molecule has 0 aromatic heterocycles. The second kappa shape index (κ2) is 2.94. The number of carbonyl (C=O) groups excluding carboxylic acids is 1. The Morgan fingerprint density at radius 1 is 1.90 bits per heavy atom. The topological polar surface area (TPSA) is 52.6 Å². The molecule has 0 fully saturated rings. The molecule has 0 aliphatic carbocycles. The summed E-state index contributed by atoms with van der Waals surface area (Å²) in [5, 5.41) is 11.2. The first kappa shape index (κ1) is 7.43. The van der Waals surface area contributed by atoms with E-state index in [0.717, 1.165) is 0 Å². The Kier molecular flexibility index (Phi) is 2.18. The van der Waals surface area contributed by atoms with Gasteiger partial charge in [0.05, 0.1) is 0 Å². The molecule has 4 nitrogen and oxygen atoms in total. The number of rotatable bonds is 1. The van der Waals surface area contributed by atoms with Gasteiger partial charge in [0.2, 0.25) is 0 Å². The van der Waals surface area contributed by atoms with Crippen molar-refractivity contribution < 1.29 is 9.90 Å². The number of hydrogen-bond acceptors (Lipinski definition) is 3. The summed E-state index contributed by atoms with van der Waals surface area (Å²) in [4.78, 5) is 10.8. The van der Waals surface area contributed by atoms with Gasteiger partial charge >= 0.3 is 6.03 Å². The standard InChI is InChI=1S/C5H8N2O2S/c1-10-7-3-2-4(8)6-5(7)9/h2-4,8H,1H3,(H,6,9). The van der Waals surface area contributed by atoms with E-state index in [1.54, 1.807) is 6.26 Å². The van der Waals surface area contributed by atoms with Gasteiger partial charge in [-0.05, 0) is 18.0 Å². The maximum atomic E-state index is 10.8. The highest BCUT2D eigenvalue weighted by atomic mass is 32.2. The summed E-state index contributed by atoms with van der Waals surface area (Å²) in [6.45, 7) is 0. The van der Waals surface area contributed by atoms with Crippen molar-refractivity contribution in [3.05, 3.63) is 12.3 Å². The average molecular weight is 160 g/mol. The number of hydrogen-bond donors (Lipinski definition) is 2. The minimum absolute atomic E-state index is 0.289. The van der Waals surface area contributed by atoms with E-state index in [2.05, 4.69) is 5.32 Å².